The number of rotatable bonds is 8. The van der Waals surface area contributed by atoms with Gasteiger partial charge in [0.25, 0.3) is 0 Å². The molecule has 5 heteroatoms. The summed E-state index contributed by atoms with van der Waals surface area (Å²) >= 11 is 0. The van der Waals surface area contributed by atoms with E-state index in [1.165, 1.54) is 0 Å². The fraction of sp³-hybridized carbons (Fsp3) is 0.235. The molecule has 0 bridgehead atoms. The van der Waals surface area contributed by atoms with Gasteiger partial charge in [0.1, 0.15) is 5.78 Å². The number of carbonyl (C=O) groups excluding carboxylic acids is 1. The van der Waals surface area contributed by atoms with Gasteiger partial charge in [-0.05, 0) is 48.5 Å². The molecule has 0 aliphatic carbocycles. The number of carbonyl (C=O) groups is 1. The highest BCUT2D eigenvalue weighted by atomic mass is 16.1. The first-order valence-corrected chi connectivity index (χ1v) is 7.34. The lowest BCUT2D eigenvalue weighted by Crippen LogP contribution is -2.12. The maximum absolute atomic E-state index is 11.8. The molecule has 6 N–H and O–H groups in total. The van der Waals surface area contributed by atoms with Crippen molar-refractivity contribution < 1.29 is 4.79 Å². The molecule has 0 unspecified atom stereocenters. The van der Waals surface area contributed by atoms with Gasteiger partial charge < -0.3 is 22.1 Å². The Morgan fingerprint density at radius 1 is 0.727 bits per heavy atom. The first kappa shape index (κ1) is 15.7. The molecule has 0 saturated heterocycles. The molecule has 0 saturated carbocycles. The van der Waals surface area contributed by atoms with Crippen molar-refractivity contribution in [1.82, 2.24) is 0 Å². The van der Waals surface area contributed by atoms with Crippen LogP contribution >= 0.6 is 0 Å². The van der Waals surface area contributed by atoms with Crippen LogP contribution in [0.25, 0.3) is 0 Å². The van der Waals surface area contributed by atoms with Crippen LogP contribution < -0.4 is 22.1 Å². The number of nitrogens with two attached hydrogens (primary N) is 2. The maximum atomic E-state index is 11.8. The van der Waals surface area contributed by atoms with Gasteiger partial charge in [0.2, 0.25) is 0 Å². The minimum Gasteiger partial charge on any atom is -0.399 e. The highest BCUT2D eigenvalue weighted by Gasteiger charge is 2.02. The quantitative estimate of drug-likeness (QED) is 0.562. The molecular formula is C17H22N4O. The largest absolute Gasteiger partial charge is 0.399 e. The number of hydrogen-bond acceptors (Lipinski definition) is 5. The molecule has 0 spiro atoms. The van der Waals surface area contributed by atoms with Crippen LogP contribution in [0.5, 0.6) is 0 Å². The second-order valence-corrected chi connectivity index (χ2v) is 5.14. The molecule has 0 aromatic heterocycles. The average Bonchev–Trinajstić information content (AvgIpc) is 2.51. The Bertz CT molecular complexity index is 540. The predicted molar refractivity (Wildman–Crippen MR) is 92.9 cm³/mol. The Balaban J connectivity index is 1.61. The second kappa shape index (κ2) is 7.93. The highest BCUT2D eigenvalue weighted by Crippen LogP contribution is 2.11. The molecule has 2 aromatic rings. The molecule has 5 nitrogen and oxygen atoms in total. The summed E-state index contributed by atoms with van der Waals surface area (Å²) in [4.78, 5) is 11.8. The van der Waals surface area contributed by atoms with Gasteiger partial charge in [-0.2, -0.15) is 0 Å². The van der Waals surface area contributed by atoms with Crippen molar-refractivity contribution in [1.29, 1.82) is 0 Å². The topological polar surface area (TPSA) is 93.2 Å². The zero-order valence-corrected chi connectivity index (χ0v) is 12.5. The molecule has 2 rings (SSSR count). The first-order valence-electron chi connectivity index (χ1n) is 7.34. The second-order valence-electron chi connectivity index (χ2n) is 5.14. The molecular weight excluding hydrogens is 276 g/mol. The van der Waals surface area contributed by atoms with Crippen LogP contribution in [-0.2, 0) is 4.79 Å². The van der Waals surface area contributed by atoms with E-state index in [-0.39, 0.29) is 5.78 Å². The van der Waals surface area contributed by atoms with Gasteiger partial charge in [0, 0.05) is 48.7 Å². The van der Waals surface area contributed by atoms with Gasteiger partial charge in [-0.15, -0.1) is 0 Å². The Morgan fingerprint density at radius 2 is 1.09 bits per heavy atom. The third-order valence-corrected chi connectivity index (χ3v) is 3.29. The number of benzene rings is 2. The van der Waals surface area contributed by atoms with E-state index in [2.05, 4.69) is 10.6 Å². The van der Waals surface area contributed by atoms with Crippen LogP contribution in [0, 0.1) is 0 Å². The molecule has 0 amide bonds. The van der Waals surface area contributed by atoms with E-state index in [1.807, 2.05) is 48.5 Å². The summed E-state index contributed by atoms with van der Waals surface area (Å²) in [6, 6.07) is 15.0. The summed E-state index contributed by atoms with van der Waals surface area (Å²) in [5, 5.41) is 6.41. The van der Waals surface area contributed by atoms with Crippen molar-refractivity contribution in [3.8, 4) is 0 Å². The van der Waals surface area contributed by atoms with Crippen LogP contribution in [0.4, 0.5) is 22.7 Å². The zero-order chi connectivity index (χ0) is 15.8. The summed E-state index contributed by atoms with van der Waals surface area (Å²) in [6.07, 6.45) is 1.02. The molecule has 116 valence electrons. The number of nitrogens with one attached hydrogen (secondary N) is 2. The summed E-state index contributed by atoms with van der Waals surface area (Å²) in [7, 11) is 0. The Kier molecular flexibility index (Phi) is 5.65. The number of hydrogen-bond donors (Lipinski definition) is 4. The SMILES string of the molecule is Nc1ccc(NCCC(=O)CCNc2ccc(N)cc2)cc1. The summed E-state index contributed by atoms with van der Waals surface area (Å²) in [6.45, 7) is 1.26. The lowest BCUT2D eigenvalue weighted by atomic mass is 10.2. The molecule has 0 radical (unpaired) electrons. The predicted octanol–water partition coefficient (Wildman–Crippen LogP) is 2.72. The number of anilines is 4. The first-order chi connectivity index (χ1) is 10.6. The number of Topliss-reactive ketones (excluding diaryl/α,β-unsaturated/α-hetero) is 1. The van der Waals surface area contributed by atoms with Gasteiger partial charge in [0.15, 0.2) is 0 Å². The van der Waals surface area contributed by atoms with Crippen molar-refractivity contribution in [3.05, 3.63) is 48.5 Å². The van der Waals surface area contributed by atoms with Crippen molar-refractivity contribution in [2.24, 2.45) is 0 Å². The van der Waals surface area contributed by atoms with E-state index in [0.29, 0.717) is 25.9 Å². The minimum atomic E-state index is 0.228. The van der Waals surface area contributed by atoms with E-state index in [9.17, 15) is 4.79 Å². The van der Waals surface area contributed by atoms with E-state index in [0.717, 1.165) is 22.7 Å². The van der Waals surface area contributed by atoms with Gasteiger partial charge in [-0.25, -0.2) is 0 Å². The Morgan fingerprint density at radius 3 is 1.45 bits per heavy atom. The van der Waals surface area contributed by atoms with Crippen molar-refractivity contribution in [2.45, 2.75) is 12.8 Å². The fourth-order valence-electron chi connectivity index (χ4n) is 2.02. The summed E-state index contributed by atoms with van der Waals surface area (Å²) in [5.74, 6) is 0.228. The van der Waals surface area contributed by atoms with Crippen molar-refractivity contribution in [2.75, 3.05) is 35.2 Å². The molecule has 0 heterocycles. The maximum Gasteiger partial charge on any atom is 0.136 e. The van der Waals surface area contributed by atoms with E-state index >= 15 is 0 Å². The minimum absolute atomic E-state index is 0.228. The molecule has 0 aliphatic rings. The van der Waals surface area contributed by atoms with Gasteiger partial charge in [0.05, 0.1) is 0 Å². The van der Waals surface area contributed by atoms with E-state index in [4.69, 9.17) is 11.5 Å². The van der Waals surface area contributed by atoms with Crippen LogP contribution in [-0.4, -0.2) is 18.9 Å². The van der Waals surface area contributed by atoms with Gasteiger partial charge >= 0.3 is 0 Å². The molecule has 22 heavy (non-hydrogen) atoms. The van der Waals surface area contributed by atoms with E-state index in [1.54, 1.807) is 0 Å². The zero-order valence-electron chi connectivity index (χ0n) is 12.5. The van der Waals surface area contributed by atoms with Crippen LogP contribution in [0.2, 0.25) is 0 Å². The highest BCUT2D eigenvalue weighted by molar-refractivity contribution is 5.79. The Labute approximate surface area is 130 Å². The summed E-state index contributed by atoms with van der Waals surface area (Å²) < 4.78 is 0. The fourth-order valence-corrected chi connectivity index (χ4v) is 2.02. The molecule has 0 atom stereocenters. The van der Waals surface area contributed by atoms with Crippen molar-refractivity contribution in [3.63, 3.8) is 0 Å². The van der Waals surface area contributed by atoms with Crippen LogP contribution in [0.15, 0.2) is 48.5 Å². The smallest absolute Gasteiger partial charge is 0.136 e. The molecule has 0 aliphatic heterocycles. The molecule has 2 aromatic carbocycles. The summed E-state index contributed by atoms with van der Waals surface area (Å²) in [5.41, 5.74) is 14.6. The lowest BCUT2D eigenvalue weighted by molar-refractivity contribution is -0.118. The third kappa shape index (κ3) is 5.36. The monoisotopic (exact) mass is 298 g/mol. The third-order valence-electron chi connectivity index (χ3n) is 3.29. The Hall–Kier alpha value is -2.69. The van der Waals surface area contributed by atoms with Gasteiger partial charge in [-0.1, -0.05) is 0 Å². The van der Waals surface area contributed by atoms with Gasteiger partial charge in [-0.3, -0.25) is 4.79 Å². The average molecular weight is 298 g/mol. The normalized spacial score (nSPS) is 10.2. The molecule has 0 fully saturated rings. The number of ketones is 1. The van der Waals surface area contributed by atoms with E-state index < -0.39 is 0 Å². The number of nitrogen functional groups attached to an aromatic ring is 2. The standard InChI is InChI=1S/C17H22N4O/c18-13-1-5-15(6-2-13)20-11-9-17(22)10-12-21-16-7-3-14(19)4-8-16/h1-8,20-21H,9-12,18-19H2. The van der Waals surface area contributed by atoms with Crippen LogP contribution in [0.3, 0.4) is 0 Å². The lowest BCUT2D eigenvalue weighted by Gasteiger charge is -2.08. The van der Waals surface area contributed by atoms with Crippen LogP contribution in [0.1, 0.15) is 12.8 Å². The van der Waals surface area contributed by atoms with Crippen molar-refractivity contribution >= 4 is 28.5 Å².